The number of nitrogens with zero attached hydrogens (tertiary/aromatic N) is 1. The normalized spacial score (nSPS) is 10.6. The molecule has 166 valence electrons. The number of aromatic nitrogens is 1. The van der Waals surface area contributed by atoms with Crippen molar-refractivity contribution in [3.8, 4) is 0 Å². The van der Waals surface area contributed by atoms with Gasteiger partial charge in [-0.3, -0.25) is 19.8 Å². The molecule has 0 saturated carbocycles. The van der Waals surface area contributed by atoms with Crippen LogP contribution in [0, 0.1) is 6.92 Å². The summed E-state index contributed by atoms with van der Waals surface area (Å²) < 4.78 is 1.26. The first-order valence-corrected chi connectivity index (χ1v) is 10.6. The van der Waals surface area contributed by atoms with E-state index in [4.69, 9.17) is 23.2 Å². The predicted molar refractivity (Wildman–Crippen MR) is 131 cm³/mol. The molecule has 0 fully saturated rings. The third-order valence-electron chi connectivity index (χ3n) is 4.77. The molecule has 4 aromatic rings. The molecule has 0 aliphatic heterocycles. The topological polar surface area (TPSA) is 92.2 Å². The number of halogens is 2. The zero-order valence-corrected chi connectivity index (χ0v) is 18.9. The van der Waals surface area contributed by atoms with Crippen LogP contribution >= 0.6 is 23.2 Å². The van der Waals surface area contributed by atoms with E-state index in [1.54, 1.807) is 48.5 Å². The molecule has 0 aliphatic carbocycles. The maximum absolute atomic E-state index is 13.0. The summed E-state index contributed by atoms with van der Waals surface area (Å²) in [7, 11) is 0. The van der Waals surface area contributed by atoms with Crippen LogP contribution in [0.25, 0.3) is 10.9 Å². The molecule has 1 heterocycles. The van der Waals surface area contributed by atoms with Crippen LogP contribution in [0.15, 0.2) is 72.8 Å². The summed E-state index contributed by atoms with van der Waals surface area (Å²) in [5.41, 5.74) is 5.06. The van der Waals surface area contributed by atoms with Crippen LogP contribution in [0.5, 0.6) is 0 Å². The molecule has 3 N–H and O–H groups in total. The first-order chi connectivity index (χ1) is 15.8. The Bertz CT molecular complexity index is 1400. The van der Waals surface area contributed by atoms with Crippen molar-refractivity contribution in [3.63, 3.8) is 0 Å². The number of rotatable bonds is 4. The van der Waals surface area contributed by atoms with Gasteiger partial charge in [0.25, 0.3) is 5.91 Å². The summed E-state index contributed by atoms with van der Waals surface area (Å²) >= 11 is 12.0. The molecular formula is C24H18Cl2N4O3. The van der Waals surface area contributed by atoms with Gasteiger partial charge in [0.15, 0.2) is 0 Å². The van der Waals surface area contributed by atoms with Gasteiger partial charge >= 0.3 is 11.8 Å². The average Bonchev–Trinajstić information content (AvgIpc) is 3.11. The Morgan fingerprint density at radius 2 is 1.45 bits per heavy atom. The maximum Gasteiger partial charge on any atom is 0.328 e. The van der Waals surface area contributed by atoms with Crippen molar-refractivity contribution in [3.05, 3.63) is 94.1 Å². The first-order valence-electron chi connectivity index (χ1n) is 9.87. The second-order valence-corrected chi connectivity index (χ2v) is 8.17. The van der Waals surface area contributed by atoms with Crippen molar-refractivity contribution < 1.29 is 14.4 Å². The van der Waals surface area contributed by atoms with E-state index in [0.717, 1.165) is 5.56 Å². The Kier molecular flexibility index (Phi) is 6.35. The molecule has 0 bridgehead atoms. The van der Waals surface area contributed by atoms with Gasteiger partial charge in [0.2, 0.25) is 0 Å². The van der Waals surface area contributed by atoms with Gasteiger partial charge in [-0.25, -0.2) is 4.68 Å². The predicted octanol–water partition coefficient (Wildman–Crippen LogP) is 5.22. The highest BCUT2D eigenvalue weighted by atomic mass is 35.5. The Morgan fingerprint density at radius 3 is 2.18 bits per heavy atom. The molecule has 7 nitrogen and oxygen atoms in total. The van der Waals surface area contributed by atoms with Crippen molar-refractivity contribution in [1.82, 2.24) is 4.68 Å². The number of fused-ring (bicyclic) bond motifs is 1. The average molecular weight is 481 g/mol. The van der Waals surface area contributed by atoms with E-state index < -0.39 is 17.7 Å². The van der Waals surface area contributed by atoms with Crippen LogP contribution < -0.4 is 16.1 Å². The summed E-state index contributed by atoms with van der Waals surface area (Å²) in [6, 6.07) is 20.2. The van der Waals surface area contributed by atoms with Crippen LogP contribution in [-0.2, 0) is 9.59 Å². The summed E-state index contributed by atoms with van der Waals surface area (Å²) in [6.07, 6.45) is 0. The molecule has 9 heteroatoms. The van der Waals surface area contributed by atoms with Gasteiger partial charge in [0, 0.05) is 26.8 Å². The number of hydrogen-bond donors (Lipinski definition) is 3. The minimum Gasteiger partial charge on any atom is -0.321 e. The summed E-state index contributed by atoms with van der Waals surface area (Å²) in [6.45, 7) is 1.91. The third-order valence-corrected chi connectivity index (χ3v) is 5.24. The van der Waals surface area contributed by atoms with E-state index in [0.29, 0.717) is 32.3 Å². The number of anilines is 2. The molecule has 3 aromatic carbocycles. The van der Waals surface area contributed by atoms with E-state index in [1.807, 2.05) is 25.1 Å². The van der Waals surface area contributed by atoms with Crippen molar-refractivity contribution in [2.24, 2.45) is 0 Å². The van der Waals surface area contributed by atoms with Gasteiger partial charge in [-0.15, -0.1) is 0 Å². The van der Waals surface area contributed by atoms with Gasteiger partial charge < -0.3 is 10.6 Å². The van der Waals surface area contributed by atoms with E-state index in [9.17, 15) is 14.4 Å². The van der Waals surface area contributed by atoms with Crippen molar-refractivity contribution in [2.45, 2.75) is 6.92 Å². The zero-order chi connectivity index (χ0) is 23.5. The zero-order valence-electron chi connectivity index (χ0n) is 17.4. The van der Waals surface area contributed by atoms with Gasteiger partial charge in [0.05, 0.1) is 5.52 Å². The minimum absolute atomic E-state index is 0.123. The molecule has 3 amide bonds. The molecule has 33 heavy (non-hydrogen) atoms. The number of carbonyl (C=O) groups is 3. The summed E-state index contributed by atoms with van der Waals surface area (Å²) in [5, 5.41) is 6.78. The SMILES string of the molecule is Cc1cccc(NC(=O)c2cc3cc(Cl)ccc3n2NC(=O)C(=O)Nc2cccc(Cl)c2)c1. The molecule has 1 aromatic heterocycles. The van der Waals surface area contributed by atoms with E-state index in [1.165, 1.54) is 10.7 Å². The van der Waals surface area contributed by atoms with Crippen LogP contribution in [0.3, 0.4) is 0 Å². The lowest BCUT2D eigenvalue weighted by molar-refractivity contribution is -0.133. The molecular weight excluding hydrogens is 463 g/mol. The fraction of sp³-hybridized carbons (Fsp3) is 0.0417. The number of nitrogens with one attached hydrogen (secondary N) is 3. The molecule has 0 unspecified atom stereocenters. The Balaban J connectivity index is 1.63. The summed E-state index contributed by atoms with van der Waals surface area (Å²) in [4.78, 5) is 38.2. The quantitative estimate of drug-likeness (QED) is 0.349. The Morgan fingerprint density at radius 1 is 0.758 bits per heavy atom. The molecule has 0 spiro atoms. The second-order valence-electron chi connectivity index (χ2n) is 7.30. The highest BCUT2D eigenvalue weighted by molar-refractivity contribution is 6.42. The largest absolute Gasteiger partial charge is 0.328 e. The fourth-order valence-corrected chi connectivity index (χ4v) is 3.67. The Hall–Kier alpha value is -3.81. The number of hydrogen-bond acceptors (Lipinski definition) is 3. The van der Waals surface area contributed by atoms with Crippen LogP contribution in [-0.4, -0.2) is 22.4 Å². The highest BCUT2D eigenvalue weighted by Gasteiger charge is 2.21. The molecule has 0 atom stereocenters. The lowest BCUT2D eigenvalue weighted by Crippen LogP contribution is -2.36. The van der Waals surface area contributed by atoms with Crippen LogP contribution in [0.1, 0.15) is 16.1 Å². The van der Waals surface area contributed by atoms with Crippen molar-refractivity contribution in [1.29, 1.82) is 0 Å². The number of amides is 3. The van der Waals surface area contributed by atoms with Crippen LogP contribution in [0.2, 0.25) is 10.0 Å². The number of aryl methyl sites for hydroxylation is 1. The van der Waals surface area contributed by atoms with E-state index in [-0.39, 0.29) is 5.69 Å². The van der Waals surface area contributed by atoms with Gasteiger partial charge in [-0.05, 0) is 67.1 Å². The van der Waals surface area contributed by atoms with Crippen LogP contribution in [0.4, 0.5) is 11.4 Å². The maximum atomic E-state index is 13.0. The van der Waals surface area contributed by atoms with E-state index in [2.05, 4.69) is 16.1 Å². The second kappa shape index (κ2) is 9.36. The number of carbonyl (C=O) groups excluding carboxylic acids is 3. The molecule has 0 saturated heterocycles. The molecule has 0 radical (unpaired) electrons. The smallest absolute Gasteiger partial charge is 0.321 e. The van der Waals surface area contributed by atoms with Crippen molar-refractivity contribution in [2.75, 3.05) is 16.1 Å². The monoisotopic (exact) mass is 480 g/mol. The highest BCUT2D eigenvalue weighted by Crippen LogP contribution is 2.24. The molecule has 0 aliphatic rings. The minimum atomic E-state index is -0.966. The third kappa shape index (κ3) is 5.16. The lowest BCUT2D eigenvalue weighted by atomic mass is 10.2. The van der Waals surface area contributed by atoms with Gasteiger partial charge in [-0.1, -0.05) is 41.4 Å². The fourth-order valence-electron chi connectivity index (χ4n) is 3.30. The first kappa shape index (κ1) is 22.4. The number of benzene rings is 3. The van der Waals surface area contributed by atoms with Crippen molar-refractivity contribution >= 4 is 63.2 Å². The van der Waals surface area contributed by atoms with Gasteiger partial charge in [0.1, 0.15) is 5.69 Å². The lowest BCUT2D eigenvalue weighted by Gasteiger charge is -2.13. The van der Waals surface area contributed by atoms with E-state index >= 15 is 0 Å². The standard InChI is InChI=1S/C24H18Cl2N4O3/c1-14-4-2-6-18(10-14)27-22(31)21-12-15-11-17(26)8-9-20(15)30(21)29-24(33)23(32)28-19-7-3-5-16(25)13-19/h2-13H,1H3,(H,27,31)(H,28,32)(H,29,33). The van der Waals surface area contributed by atoms with Gasteiger partial charge in [-0.2, -0.15) is 0 Å². The summed E-state index contributed by atoms with van der Waals surface area (Å²) in [5.74, 6) is -2.35. The molecule has 4 rings (SSSR count). The Labute approximate surface area is 199 Å².